The normalized spacial score (nSPS) is 13.0. The zero-order valence-corrected chi connectivity index (χ0v) is 14.7. The molecule has 3 heteroatoms. The van der Waals surface area contributed by atoms with E-state index in [9.17, 15) is 4.79 Å². The Morgan fingerprint density at radius 1 is 0.840 bits per heavy atom. The van der Waals surface area contributed by atoms with Gasteiger partial charge in [0.05, 0.1) is 7.11 Å². The Bertz CT molecular complexity index is 829. The van der Waals surface area contributed by atoms with Crippen LogP contribution in [0.1, 0.15) is 16.7 Å². The third kappa shape index (κ3) is 3.45. The number of halogens is 1. The van der Waals surface area contributed by atoms with Crippen LogP contribution in [0.3, 0.4) is 0 Å². The van der Waals surface area contributed by atoms with Crippen LogP contribution in [0.2, 0.25) is 5.02 Å². The van der Waals surface area contributed by atoms with Crippen LogP contribution in [0.4, 0.5) is 0 Å². The highest BCUT2D eigenvalue weighted by Crippen LogP contribution is 2.37. The average molecular weight is 351 g/mol. The summed E-state index contributed by atoms with van der Waals surface area (Å²) in [6.07, 6.45) is 0.506. The third-order valence-corrected chi connectivity index (χ3v) is 4.70. The van der Waals surface area contributed by atoms with Gasteiger partial charge in [-0.3, -0.25) is 4.79 Å². The molecule has 0 spiro atoms. The second-order valence-electron chi connectivity index (χ2n) is 5.93. The van der Waals surface area contributed by atoms with Gasteiger partial charge in [0.25, 0.3) is 0 Å². The average Bonchev–Trinajstić information content (AvgIpc) is 2.68. The predicted octanol–water partition coefficient (Wildman–Crippen LogP) is 5.04. The van der Waals surface area contributed by atoms with Crippen molar-refractivity contribution >= 4 is 17.6 Å². The molecular weight excluding hydrogens is 332 g/mol. The summed E-state index contributed by atoms with van der Waals surface area (Å²) in [5.41, 5.74) is 1.89. The number of esters is 1. The van der Waals surface area contributed by atoms with E-state index in [1.807, 2.05) is 84.9 Å². The van der Waals surface area contributed by atoms with Crippen LogP contribution in [-0.2, 0) is 21.4 Å². The van der Waals surface area contributed by atoms with E-state index in [-0.39, 0.29) is 5.97 Å². The smallest absolute Gasteiger partial charge is 0.321 e. The van der Waals surface area contributed by atoms with Crippen LogP contribution in [0.15, 0.2) is 84.9 Å². The molecule has 2 nitrogen and oxygen atoms in total. The zero-order chi connectivity index (χ0) is 17.7. The van der Waals surface area contributed by atoms with Crippen molar-refractivity contribution in [2.75, 3.05) is 7.11 Å². The lowest BCUT2D eigenvalue weighted by Gasteiger charge is -2.32. The molecule has 0 N–H and O–H groups in total. The highest BCUT2D eigenvalue weighted by molar-refractivity contribution is 6.30. The van der Waals surface area contributed by atoms with E-state index in [1.54, 1.807) is 0 Å². The lowest BCUT2D eigenvalue weighted by Crippen LogP contribution is -2.40. The summed E-state index contributed by atoms with van der Waals surface area (Å²) in [4.78, 5) is 13.1. The minimum absolute atomic E-state index is 0.287. The van der Waals surface area contributed by atoms with Gasteiger partial charge in [0, 0.05) is 5.02 Å². The Morgan fingerprint density at radius 2 is 1.36 bits per heavy atom. The van der Waals surface area contributed by atoms with Gasteiger partial charge >= 0.3 is 5.97 Å². The molecule has 0 aliphatic heterocycles. The summed E-state index contributed by atoms with van der Waals surface area (Å²) in [5, 5.41) is 0.635. The number of rotatable bonds is 5. The Labute approximate surface area is 153 Å². The summed E-state index contributed by atoms with van der Waals surface area (Å²) in [6.45, 7) is 0. The molecule has 1 atom stereocenters. The molecule has 0 aliphatic carbocycles. The quantitative estimate of drug-likeness (QED) is 0.602. The molecule has 0 bridgehead atoms. The molecule has 0 aliphatic rings. The van der Waals surface area contributed by atoms with E-state index < -0.39 is 5.41 Å². The van der Waals surface area contributed by atoms with E-state index in [2.05, 4.69) is 0 Å². The van der Waals surface area contributed by atoms with E-state index >= 15 is 0 Å². The maximum absolute atomic E-state index is 13.1. The van der Waals surface area contributed by atoms with Gasteiger partial charge in [-0.05, 0) is 35.2 Å². The summed E-state index contributed by atoms with van der Waals surface area (Å²) >= 11 is 6.07. The highest BCUT2D eigenvalue weighted by atomic mass is 35.5. The van der Waals surface area contributed by atoms with Crippen LogP contribution >= 0.6 is 11.6 Å². The topological polar surface area (TPSA) is 26.3 Å². The predicted molar refractivity (Wildman–Crippen MR) is 101 cm³/mol. The Hall–Kier alpha value is -2.58. The second kappa shape index (κ2) is 7.54. The number of methoxy groups -OCH3 is 1. The summed E-state index contributed by atoms with van der Waals surface area (Å²) in [5.74, 6) is -0.287. The van der Waals surface area contributed by atoms with Gasteiger partial charge in [-0.15, -0.1) is 0 Å². The Morgan fingerprint density at radius 3 is 1.92 bits per heavy atom. The molecular formula is C22H19ClO2. The molecule has 0 amide bonds. The monoisotopic (exact) mass is 350 g/mol. The number of carbonyl (C=O) groups is 1. The molecule has 0 aromatic heterocycles. The summed E-state index contributed by atoms with van der Waals surface area (Å²) < 4.78 is 5.26. The number of ether oxygens (including phenoxy) is 1. The first kappa shape index (κ1) is 17.2. The zero-order valence-electron chi connectivity index (χ0n) is 14.0. The van der Waals surface area contributed by atoms with Gasteiger partial charge in [0.2, 0.25) is 0 Å². The Balaban J connectivity index is 2.23. The Kier molecular flexibility index (Phi) is 5.20. The molecule has 25 heavy (non-hydrogen) atoms. The molecule has 126 valence electrons. The van der Waals surface area contributed by atoms with Crippen LogP contribution in [0.5, 0.6) is 0 Å². The maximum Gasteiger partial charge on any atom is 0.321 e. The van der Waals surface area contributed by atoms with Crippen molar-refractivity contribution in [1.29, 1.82) is 0 Å². The van der Waals surface area contributed by atoms with Gasteiger partial charge in [-0.2, -0.15) is 0 Å². The number of benzene rings is 3. The highest BCUT2D eigenvalue weighted by Gasteiger charge is 2.43. The molecule has 0 saturated heterocycles. The minimum Gasteiger partial charge on any atom is -0.468 e. The minimum atomic E-state index is -0.929. The van der Waals surface area contributed by atoms with E-state index in [0.29, 0.717) is 11.4 Å². The van der Waals surface area contributed by atoms with Crippen LogP contribution in [-0.4, -0.2) is 13.1 Å². The maximum atomic E-state index is 13.1. The molecule has 3 rings (SSSR count). The van der Waals surface area contributed by atoms with E-state index in [4.69, 9.17) is 16.3 Å². The van der Waals surface area contributed by atoms with Gasteiger partial charge in [-0.1, -0.05) is 84.4 Å². The van der Waals surface area contributed by atoms with Crippen molar-refractivity contribution in [1.82, 2.24) is 0 Å². The molecule has 0 heterocycles. The first-order valence-electron chi connectivity index (χ1n) is 8.11. The third-order valence-electron chi connectivity index (χ3n) is 4.45. The van der Waals surface area contributed by atoms with E-state index in [0.717, 1.165) is 16.7 Å². The molecule has 0 fully saturated rings. The number of hydrogen-bond donors (Lipinski definition) is 0. The molecule has 0 saturated carbocycles. The number of hydrogen-bond acceptors (Lipinski definition) is 2. The van der Waals surface area contributed by atoms with Gasteiger partial charge < -0.3 is 4.74 Å². The van der Waals surface area contributed by atoms with Crippen LogP contribution in [0.25, 0.3) is 0 Å². The van der Waals surface area contributed by atoms with Crippen molar-refractivity contribution in [3.05, 3.63) is 107 Å². The molecule has 3 aromatic carbocycles. The summed E-state index contributed by atoms with van der Waals surface area (Å²) in [7, 11) is 1.43. The SMILES string of the molecule is COC(=O)C(Cc1ccccc1)(c1ccccc1)c1ccc(Cl)cc1. The van der Waals surface area contributed by atoms with Crippen molar-refractivity contribution < 1.29 is 9.53 Å². The van der Waals surface area contributed by atoms with Crippen LogP contribution < -0.4 is 0 Å². The van der Waals surface area contributed by atoms with E-state index in [1.165, 1.54) is 7.11 Å². The molecule has 3 aromatic rings. The van der Waals surface area contributed by atoms with Crippen molar-refractivity contribution in [2.24, 2.45) is 0 Å². The lowest BCUT2D eigenvalue weighted by molar-refractivity contribution is -0.145. The molecule has 0 radical (unpaired) electrons. The van der Waals surface area contributed by atoms with Gasteiger partial charge in [0.15, 0.2) is 0 Å². The first-order valence-corrected chi connectivity index (χ1v) is 8.48. The standard InChI is InChI=1S/C22H19ClO2/c1-25-21(24)22(18-10-6-3-7-11-18,16-17-8-4-2-5-9-17)19-12-14-20(23)15-13-19/h2-15H,16H2,1H3. The van der Waals surface area contributed by atoms with Gasteiger partial charge in [0.1, 0.15) is 5.41 Å². The van der Waals surface area contributed by atoms with Crippen molar-refractivity contribution in [3.8, 4) is 0 Å². The van der Waals surface area contributed by atoms with Crippen LogP contribution in [0, 0.1) is 0 Å². The van der Waals surface area contributed by atoms with Crippen molar-refractivity contribution in [2.45, 2.75) is 11.8 Å². The number of carbonyl (C=O) groups excluding carboxylic acids is 1. The summed E-state index contributed by atoms with van der Waals surface area (Å²) in [6, 6.07) is 27.1. The fraction of sp³-hybridized carbons (Fsp3) is 0.136. The largest absolute Gasteiger partial charge is 0.468 e. The first-order chi connectivity index (χ1) is 12.2. The lowest BCUT2D eigenvalue weighted by atomic mass is 9.70. The fourth-order valence-electron chi connectivity index (χ4n) is 3.21. The molecule has 1 unspecified atom stereocenters. The van der Waals surface area contributed by atoms with Gasteiger partial charge in [-0.25, -0.2) is 0 Å². The van der Waals surface area contributed by atoms with Crippen molar-refractivity contribution in [3.63, 3.8) is 0 Å². The fourth-order valence-corrected chi connectivity index (χ4v) is 3.34. The second-order valence-corrected chi connectivity index (χ2v) is 6.37.